The second kappa shape index (κ2) is 5.78. The molecular weight excluding hydrogens is 262 g/mol. The zero-order valence-electron chi connectivity index (χ0n) is 13.0. The average Bonchev–Trinajstić information content (AvgIpc) is 3.06. The van der Waals surface area contributed by atoms with Crippen LogP contribution < -0.4 is 10.6 Å². The molecular formula is C17H25N3O. The highest BCUT2D eigenvalue weighted by atomic mass is 16.2. The first-order chi connectivity index (χ1) is 10.1. The lowest BCUT2D eigenvalue weighted by molar-refractivity contribution is -0.117. The molecule has 4 heteroatoms. The molecule has 2 saturated heterocycles. The smallest absolute Gasteiger partial charge is 0.238 e. The second-order valence-corrected chi connectivity index (χ2v) is 6.68. The molecule has 2 aliphatic heterocycles. The van der Waals surface area contributed by atoms with Gasteiger partial charge in [0.2, 0.25) is 5.91 Å². The average molecular weight is 287 g/mol. The molecule has 0 saturated carbocycles. The van der Waals surface area contributed by atoms with E-state index in [1.807, 2.05) is 12.1 Å². The van der Waals surface area contributed by atoms with E-state index in [-0.39, 0.29) is 5.91 Å². The van der Waals surface area contributed by atoms with Crippen LogP contribution in [0.2, 0.25) is 0 Å². The van der Waals surface area contributed by atoms with Crippen molar-refractivity contribution >= 4 is 11.6 Å². The van der Waals surface area contributed by atoms with Gasteiger partial charge in [0.15, 0.2) is 0 Å². The summed E-state index contributed by atoms with van der Waals surface area (Å²) in [5.74, 6) is 0.103. The fraction of sp³-hybridized carbons (Fsp3) is 0.588. The van der Waals surface area contributed by atoms with Crippen molar-refractivity contribution in [1.82, 2.24) is 10.2 Å². The van der Waals surface area contributed by atoms with Gasteiger partial charge in [0.05, 0.1) is 6.54 Å². The Morgan fingerprint density at radius 2 is 2.24 bits per heavy atom. The summed E-state index contributed by atoms with van der Waals surface area (Å²) < 4.78 is 0. The van der Waals surface area contributed by atoms with Crippen LogP contribution in [0, 0.1) is 19.3 Å². The van der Waals surface area contributed by atoms with Gasteiger partial charge in [-0.25, -0.2) is 0 Å². The number of likely N-dealkylation sites (tertiary alicyclic amines) is 1. The molecule has 1 aromatic carbocycles. The van der Waals surface area contributed by atoms with Gasteiger partial charge in [-0.3, -0.25) is 9.69 Å². The van der Waals surface area contributed by atoms with E-state index in [0.29, 0.717) is 12.0 Å². The molecule has 1 aromatic rings. The van der Waals surface area contributed by atoms with Crippen LogP contribution in [0.25, 0.3) is 0 Å². The molecule has 0 radical (unpaired) electrons. The van der Waals surface area contributed by atoms with Crippen LogP contribution in [0.5, 0.6) is 0 Å². The van der Waals surface area contributed by atoms with Crippen molar-refractivity contribution < 1.29 is 4.79 Å². The van der Waals surface area contributed by atoms with Crippen molar-refractivity contribution in [2.24, 2.45) is 5.41 Å². The number of aryl methyl sites for hydroxylation is 1. The maximum Gasteiger partial charge on any atom is 0.238 e. The molecule has 1 unspecified atom stereocenters. The first-order valence-corrected chi connectivity index (χ1v) is 7.87. The molecule has 114 valence electrons. The molecule has 0 aromatic heterocycles. The Balaban J connectivity index is 1.56. The van der Waals surface area contributed by atoms with E-state index in [1.54, 1.807) is 0 Å². The van der Waals surface area contributed by atoms with Crippen molar-refractivity contribution in [3.8, 4) is 0 Å². The summed E-state index contributed by atoms with van der Waals surface area (Å²) >= 11 is 0. The van der Waals surface area contributed by atoms with E-state index in [4.69, 9.17) is 0 Å². The van der Waals surface area contributed by atoms with E-state index < -0.39 is 0 Å². The van der Waals surface area contributed by atoms with Crippen LogP contribution >= 0.6 is 0 Å². The van der Waals surface area contributed by atoms with Gasteiger partial charge < -0.3 is 10.6 Å². The van der Waals surface area contributed by atoms with Crippen molar-refractivity contribution in [3.63, 3.8) is 0 Å². The number of nitrogens with one attached hydrogen (secondary N) is 2. The minimum Gasteiger partial charge on any atom is -0.325 e. The van der Waals surface area contributed by atoms with Gasteiger partial charge in [0, 0.05) is 18.8 Å². The fourth-order valence-electron chi connectivity index (χ4n) is 3.59. The van der Waals surface area contributed by atoms with E-state index in [1.165, 1.54) is 18.4 Å². The molecule has 2 aliphatic rings. The van der Waals surface area contributed by atoms with Gasteiger partial charge in [-0.15, -0.1) is 0 Å². The molecule has 2 N–H and O–H groups in total. The van der Waals surface area contributed by atoms with Gasteiger partial charge in [-0.2, -0.15) is 0 Å². The Hall–Kier alpha value is -1.39. The van der Waals surface area contributed by atoms with Crippen LogP contribution in [0.1, 0.15) is 24.0 Å². The van der Waals surface area contributed by atoms with Crippen LogP contribution in [-0.2, 0) is 4.79 Å². The van der Waals surface area contributed by atoms with E-state index in [2.05, 4.69) is 35.4 Å². The molecule has 0 bridgehead atoms. The fourth-order valence-corrected chi connectivity index (χ4v) is 3.59. The molecule has 0 aliphatic carbocycles. The molecule has 21 heavy (non-hydrogen) atoms. The maximum absolute atomic E-state index is 12.3. The van der Waals surface area contributed by atoms with Gasteiger partial charge in [0.25, 0.3) is 0 Å². The maximum atomic E-state index is 12.3. The van der Waals surface area contributed by atoms with Crippen LogP contribution in [-0.4, -0.2) is 43.5 Å². The number of rotatable bonds is 3. The van der Waals surface area contributed by atoms with Gasteiger partial charge in [-0.1, -0.05) is 12.1 Å². The van der Waals surface area contributed by atoms with Crippen molar-refractivity contribution in [3.05, 3.63) is 29.3 Å². The first kappa shape index (κ1) is 14.5. The van der Waals surface area contributed by atoms with Crippen LogP contribution in [0.4, 0.5) is 5.69 Å². The highest BCUT2D eigenvalue weighted by Crippen LogP contribution is 2.35. The Morgan fingerprint density at radius 3 is 3.00 bits per heavy atom. The highest BCUT2D eigenvalue weighted by molar-refractivity contribution is 5.93. The van der Waals surface area contributed by atoms with Crippen LogP contribution in [0.3, 0.4) is 0 Å². The lowest BCUT2D eigenvalue weighted by Gasteiger charge is -2.22. The molecule has 1 amide bonds. The summed E-state index contributed by atoms with van der Waals surface area (Å²) in [6, 6.07) is 6.04. The third kappa shape index (κ3) is 3.11. The Kier molecular flexibility index (Phi) is 4.00. The lowest BCUT2D eigenvalue weighted by Crippen LogP contribution is -2.34. The number of carbonyl (C=O) groups excluding carboxylic acids is 1. The lowest BCUT2D eigenvalue weighted by atomic mass is 9.87. The van der Waals surface area contributed by atoms with Gasteiger partial charge in [-0.05, 0) is 62.4 Å². The Morgan fingerprint density at radius 1 is 1.38 bits per heavy atom. The minimum absolute atomic E-state index is 0.103. The summed E-state index contributed by atoms with van der Waals surface area (Å²) in [7, 11) is 0. The topological polar surface area (TPSA) is 44.4 Å². The van der Waals surface area contributed by atoms with Gasteiger partial charge >= 0.3 is 0 Å². The second-order valence-electron chi connectivity index (χ2n) is 6.68. The van der Waals surface area contributed by atoms with Crippen LogP contribution in [0.15, 0.2) is 18.2 Å². The molecule has 3 rings (SSSR count). The molecule has 1 atom stereocenters. The van der Waals surface area contributed by atoms with Gasteiger partial charge in [0.1, 0.15) is 0 Å². The monoisotopic (exact) mass is 287 g/mol. The summed E-state index contributed by atoms with van der Waals surface area (Å²) in [5.41, 5.74) is 3.74. The molecule has 2 fully saturated rings. The third-order valence-corrected chi connectivity index (χ3v) is 5.10. The van der Waals surface area contributed by atoms with Crippen molar-refractivity contribution in [2.45, 2.75) is 26.7 Å². The number of benzene rings is 1. The summed E-state index contributed by atoms with van der Waals surface area (Å²) in [4.78, 5) is 14.6. The summed E-state index contributed by atoms with van der Waals surface area (Å²) in [6.07, 6.45) is 2.47. The SMILES string of the molecule is Cc1cccc(NC(=O)CN2CCC3(CCNC3)C2)c1C. The molecule has 4 nitrogen and oxygen atoms in total. The normalized spacial score (nSPS) is 25.6. The van der Waals surface area contributed by atoms with E-state index in [9.17, 15) is 4.79 Å². The Labute approximate surface area is 126 Å². The highest BCUT2D eigenvalue weighted by Gasteiger charge is 2.40. The largest absolute Gasteiger partial charge is 0.325 e. The van der Waals surface area contributed by atoms with Crippen molar-refractivity contribution in [2.75, 3.05) is 38.0 Å². The van der Waals surface area contributed by atoms with Crippen molar-refractivity contribution in [1.29, 1.82) is 0 Å². The number of amides is 1. The van der Waals surface area contributed by atoms with E-state index in [0.717, 1.165) is 37.4 Å². The first-order valence-electron chi connectivity index (χ1n) is 7.87. The quantitative estimate of drug-likeness (QED) is 0.893. The summed E-state index contributed by atoms with van der Waals surface area (Å²) in [6.45, 7) is 8.98. The number of carbonyl (C=O) groups is 1. The Bertz CT molecular complexity index is 535. The predicted molar refractivity (Wildman–Crippen MR) is 85.5 cm³/mol. The predicted octanol–water partition coefficient (Wildman–Crippen LogP) is 1.93. The molecule has 1 spiro atoms. The number of hydrogen-bond donors (Lipinski definition) is 2. The van der Waals surface area contributed by atoms with E-state index >= 15 is 0 Å². The molecule has 2 heterocycles. The number of anilines is 1. The standard InChI is InChI=1S/C17H25N3O/c1-13-4-3-5-15(14(13)2)19-16(21)10-20-9-7-17(12-20)6-8-18-11-17/h3-5,18H,6-12H2,1-2H3,(H,19,21). The summed E-state index contributed by atoms with van der Waals surface area (Å²) in [5, 5.41) is 6.52. The number of hydrogen-bond acceptors (Lipinski definition) is 3. The number of nitrogens with zero attached hydrogens (tertiary/aromatic N) is 1. The minimum atomic E-state index is 0.103. The zero-order valence-corrected chi connectivity index (χ0v) is 13.0. The zero-order chi connectivity index (χ0) is 14.9. The third-order valence-electron chi connectivity index (χ3n) is 5.10.